The molecule has 2 heterocycles. The van der Waals surface area contributed by atoms with Gasteiger partial charge < -0.3 is 0 Å². The van der Waals surface area contributed by atoms with E-state index in [1.165, 1.54) is 5.56 Å². The lowest BCUT2D eigenvalue weighted by Gasteiger charge is -2.15. The second-order valence-corrected chi connectivity index (χ2v) is 6.71. The van der Waals surface area contributed by atoms with Gasteiger partial charge in [-0.3, -0.25) is 4.79 Å². The number of thiophene rings is 1. The molecule has 0 fully saturated rings. The molecule has 0 saturated carbocycles. The van der Waals surface area contributed by atoms with Crippen LogP contribution in [0.2, 0.25) is 0 Å². The van der Waals surface area contributed by atoms with Crippen LogP contribution in [0.15, 0.2) is 20.6 Å². The molecule has 15 heavy (non-hydrogen) atoms. The van der Waals surface area contributed by atoms with Crippen LogP contribution in [0.4, 0.5) is 0 Å². The van der Waals surface area contributed by atoms with Crippen LogP contribution in [-0.2, 0) is 5.75 Å². The van der Waals surface area contributed by atoms with Gasteiger partial charge >= 0.3 is 0 Å². The van der Waals surface area contributed by atoms with E-state index in [2.05, 4.69) is 6.07 Å². The lowest BCUT2D eigenvalue weighted by Crippen LogP contribution is -2.08. The highest BCUT2D eigenvalue weighted by Crippen LogP contribution is 2.42. The lowest BCUT2D eigenvalue weighted by molar-refractivity contribution is 0.104. The molecule has 2 rings (SSSR count). The third kappa shape index (κ3) is 2.16. The van der Waals surface area contributed by atoms with Crippen LogP contribution in [0.1, 0.15) is 15.2 Å². The van der Waals surface area contributed by atoms with Gasteiger partial charge in [0.25, 0.3) is 0 Å². The van der Waals surface area contributed by atoms with Gasteiger partial charge in [-0.05, 0) is 29.5 Å². The topological polar surface area (TPSA) is 17.1 Å². The SMILES string of the molecule is CSC(SC)=C1SCc2ccsc2C1=O. The summed E-state index contributed by atoms with van der Waals surface area (Å²) in [5.74, 6) is 1.15. The number of rotatable bonds is 2. The molecule has 0 saturated heterocycles. The number of ketones is 1. The maximum absolute atomic E-state index is 12.1. The Morgan fingerprint density at radius 1 is 1.40 bits per heavy atom. The predicted molar refractivity (Wildman–Crippen MR) is 74.0 cm³/mol. The summed E-state index contributed by atoms with van der Waals surface area (Å²) in [6, 6.07) is 2.06. The Bertz CT molecular complexity index is 413. The molecule has 0 aromatic carbocycles. The van der Waals surface area contributed by atoms with Crippen molar-refractivity contribution in [3.05, 3.63) is 31.0 Å². The number of hydrogen-bond acceptors (Lipinski definition) is 5. The van der Waals surface area contributed by atoms with Crippen molar-refractivity contribution in [2.24, 2.45) is 0 Å². The molecule has 1 aliphatic heterocycles. The van der Waals surface area contributed by atoms with E-state index in [-0.39, 0.29) is 5.78 Å². The van der Waals surface area contributed by atoms with Gasteiger partial charge in [0.2, 0.25) is 5.78 Å². The van der Waals surface area contributed by atoms with E-state index in [0.717, 1.165) is 19.8 Å². The summed E-state index contributed by atoms with van der Waals surface area (Å²) in [5.41, 5.74) is 1.19. The minimum absolute atomic E-state index is 0.218. The van der Waals surface area contributed by atoms with E-state index in [1.807, 2.05) is 17.9 Å². The Labute approximate surface area is 106 Å². The van der Waals surface area contributed by atoms with Gasteiger partial charge in [-0.15, -0.1) is 46.6 Å². The van der Waals surface area contributed by atoms with Crippen LogP contribution in [0.5, 0.6) is 0 Å². The van der Waals surface area contributed by atoms with Crippen LogP contribution in [0.3, 0.4) is 0 Å². The van der Waals surface area contributed by atoms with Crippen molar-refractivity contribution < 1.29 is 4.79 Å². The number of carbonyl (C=O) groups excluding carboxylic acids is 1. The number of carbonyl (C=O) groups is 1. The highest BCUT2D eigenvalue weighted by molar-refractivity contribution is 8.22. The zero-order valence-electron chi connectivity index (χ0n) is 8.40. The highest BCUT2D eigenvalue weighted by Gasteiger charge is 2.26. The molecule has 0 radical (unpaired) electrons. The van der Waals surface area contributed by atoms with Gasteiger partial charge in [-0.1, -0.05) is 0 Å². The minimum atomic E-state index is 0.218. The zero-order valence-corrected chi connectivity index (χ0v) is 11.7. The van der Waals surface area contributed by atoms with Crippen molar-refractivity contribution >= 4 is 52.4 Å². The maximum Gasteiger partial charge on any atom is 0.211 e. The molecular weight excluding hydrogens is 264 g/mol. The van der Waals surface area contributed by atoms with Crippen LogP contribution < -0.4 is 0 Å². The summed E-state index contributed by atoms with van der Waals surface area (Å²) in [6.45, 7) is 0. The first-order valence-corrected chi connectivity index (χ1v) is 8.65. The second-order valence-electron chi connectivity index (χ2n) is 2.92. The van der Waals surface area contributed by atoms with Gasteiger partial charge in [0.05, 0.1) is 14.0 Å². The van der Waals surface area contributed by atoms with E-state index < -0.39 is 0 Å². The minimum Gasteiger partial charge on any atom is -0.287 e. The molecule has 0 N–H and O–H groups in total. The summed E-state index contributed by atoms with van der Waals surface area (Å²) in [4.78, 5) is 14.0. The van der Waals surface area contributed by atoms with Gasteiger partial charge in [-0.25, -0.2) is 0 Å². The number of fused-ring (bicyclic) bond motifs is 1. The third-order valence-electron chi connectivity index (χ3n) is 2.09. The van der Waals surface area contributed by atoms with Crippen LogP contribution in [0, 0.1) is 0 Å². The first-order chi connectivity index (χ1) is 7.27. The Kier molecular flexibility index (Phi) is 3.88. The van der Waals surface area contributed by atoms with E-state index in [9.17, 15) is 4.79 Å². The highest BCUT2D eigenvalue weighted by atomic mass is 32.2. The molecule has 0 atom stereocenters. The summed E-state index contributed by atoms with van der Waals surface area (Å²) >= 11 is 6.56. The molecule has 1 aliphatic rings. The molecule has 0 bridgehead atoms. The van der Waals surface area contributed by atoms with Crippen LogP contribution in [-0.4, -0.2) is 18.3 Å². The molecule has 1 aromatic heterocycles. The van der Waals surface area contributed by atoms with Gasteiger partial charge in [0, 0.05) is 5.75 Å². The van der Waals surface area contributed by atoms with Crippen LogP contribution in [0.25, 0.3) is 0 Å². The number of hydrogen-bond donors (Lipinski definition) is 0. The fraction of sp³-hybridized carbons (Fsp3) is 0.300. The smallest absolute Gasteiger partial charge is 0.211 e. The van der Waals surface area contributed by atoms with Crippen molar-refractivity contribution in [1.29, 1.82) is 0 Å². The molecule has 0 aliphatic carbocycles. The fourth-order valence-corrected chi connectivity index (χ4v) is 5.38. The average molecular weight is 274 g/mol. The molecular formula is C10H10OS4. The molecule has 0 amide bonds. The molecule has 5 heteroatoms. The summed E-state index contributed by atoms with van der Waals surface area (Å²) in [5, 5.41) is 2.00. The normalized spacial score (nSPS) is 15.3. The first kappa shape index (κ1) is 11.6. The Morgan fingerprint density at radius 3 is 2.80 bits per heavy atom. The van der Waals surface area contributed by atoms with E-state index in [4.69, 9.17) is 0 Å². The Balaban J connectivity index is 2.42. The second kappa shape index (κ2) is 4.99. The molecule has 1 nitrogen and oxygen atoms in total. The maximum atomic E-state index is 12.1. The number of Topliss-reactive ketones (excluding diaryl/α,β-unsaturated/α-hetero) is 1. The Hall–Kier alpha value is 0.160. The largest absolute Gasteiger partial charge is 0.287 e. The third-order valence-corrected chi connectivity index (χ3v) is 6.58. The summed E-state index contributed by atoms with van der Waals surface area (Å²) in [7, 11) is 0. The number of allylic oxidation sites excluding steroid dienone is 1. The lowest BCUT2D eigenvalue weighted by atomic mass is 10.2. The zero-order chi connectivity index (χ0) is 10.8. The van der Waals surface area contributed by atoms with E-state index in [0.29, 0.717) is 0 Å². The van der Waals surface area contributed by atoms with E-state index >= 15 is 0 Å². The average Bonchev–Trinajstić information content (AvgIpc) is 2.71. The van der Waals surface area contributed by atoms with Gasteiger partial charge in [-0.2, -0.15) is 0 Å². The van der Waals surface area contributed by atoms with Gasteiger partial charge in [0.1, 0.15) is 0 Å². The van der Waals surface area contributed by atoms with Crippen LogP contribution >= 0.6 is 46.6 Å². The molecule has 0 unspecified atom stereocenters. The Morgan fingerprint density at radius 2 is 2.13 bits per heavy atom. The first-order valence-electron chi connectivity index (χ1n) is 4.34. The predicted octanol–water partition coefficient (Wildman–Crippen LogP) is 4.07. The number of thioether (sulfide) groups is 3. The monoisotopic (exact) mass is 274 g/mol. The van der Waals surface area contributed by atoms with Crippen molar-refractivity contribution in [2.45, 2.75) is 5.75 Å². The van der Waals surface area contributed by atoms with Crippen molar-refractivity contribution in [1.82, 2.24) is 0 Å². The van der Waals surface area contributed by atoms with Crippen molar-refractivity contribution in [3.63, 3.8) is 0 Å². The van der Waals surface area contributed by atoms with E-state index in [1.54, 1.807) is 46.6 Å². The van der Waals surface area contributed by atoms with Crippen molar-refractivity contribution in [2.75, 3.05) is 12.5 Å². The molecule has 1 aromatic rings. The van der Waals surface area contributed by atoms with Gasteiger partial charge in [0.15, 0.2) is 0 Å². The fourth-order valence-electron chi connectivity index (χ4n) is 1.39. The molecule has 0 spiro atoms. The summed E-state index contributed by atoms with van der Waals surface area (Å²) < 4.78 is 1.14. The van der Waals surface area contributed by atoms with Crippen molar-refractivity contribution in [3.8, 4) is 0 Å². The quantitative estimate of drug-likeness (QED) is 0.756. The summed E-state index contributed by atoms with van der Waals surface area (Å²) in [6.07, 6.45) is 4.05. The standard InChI is InChI=1S/C10H10OS4/c1-12-10(13-2)9-7(11)8-6(5-15-9)3-4-14-8/h3-4H,5H2,1-2H3. The molecule has 80 valence electrons.